The molecular formula is C12H8F4N2O. The molecule has 1 aromatic heterocycles. The topological polar surface area (TPSA) is 44.9 Å². The van der Waals surface area contributed by atoms with Gasteiger partial charge in [0.15, 0.2) is 0 Å². The molecule has 2 aromatic rings. The number of benzene rings is 1. The van der Waals surface area contributed by atoms with E-state index in [9.17, 15) is 22.4 Å². The minimum absolute atomic E-state index is 0.122. The van der Waals surface area contributed by atoms with Gasteiger partial charge in [-0.05, 0) is 30.3 Å². The number of alkyl halides is 3. The van der Waals surface area contributed by atoms with Gasteiger partial charge in [-0.15, -0.1) is 0 Å². The standard InChI is InChI=1S/C12H8F4N2O/c13-8-4-3-7(12(14,15)16)6-10(8)18-11(19)9-2-1-5-17-9/h1-6,17H,(H,18,19). The van der Waals surface area contributed by atoms with E-state index in [4.69, 9.17) is 0 Å². The number of amides is 1. The van der Waals surface area contributed by atoms with E-state index in [2.05, 4.69) is 10.3 Å². The molecule has 0 fully saturated rings. The molecule has 100 valence electrons. The Balaban J connectivity index is 2.27. The third kappa shape index (κ3) is 2.93. The number of anilines is 1. The van der Waals surface area contributed by atoms with Crippen molar-refractivity contribution in [2.45, 2.75) is 6.18 Å². The van der Waals surface area contributed by atoms with Gasteiger partial charge in [0.1, 0.15) is 11.5 Å². The first-order valence-electron chi connectivity index (χ1n) is 5.19. The van der Waals surface area contributed by atoms with Gasteiger partial charge in [-0.25, -0.2) is 4.39 Å². The van der Waals surface area contributed by atoms with Crippen LogP contribution in [0.4, 0.5) is 23.2 Å². The first-order chi connectivity index (χ1) is 8.88. The predicted octanol–water partition coefficient (Wildman–Crippen LogP) is 3.42. The molecule has 3 nitrogen and oxygen atoms in total. The van der Waals surface area contributed by atoms with E-state index in [-0.39, 0.29) is 5.69 Å². The Morgan fingerprint density at radius 2 is 1.95 bits per heavy atom. The highest BCUT2D eigenvalue weighted by molar-refractivity contribution is 6.03. The van der Waals surface area contributed by atoms with Crippen LogP contribution in [-0.2, 0) is 6.18 Å². The summed E-state index contributed by atoms with van der Waals surface area (Å²) in [5, 5.41) is 2.08. The van der Waals surface area contributed by atoms with Gasteiger partial charge in [-0.2, -0.15) is 13.2 Å². The zero-order valence-corrected chi connectivity index (χ0v) is 9.38. The maximum absolute atomic E-state index is 13.4. The van der Waals surface area contributed by atoms with E-state index < -0.39 is 29.2 Å². The van der Waals surface area contributed by atoms with Crippen LogP contribution < -0.4 is 5.32 Å². The summed E-state index contributed by atoms with van der Waals surface area (Å²) in [5.41, 5.74) is -1.43. The molecule has 7 heteroatoms. The molecule has 0 aliphatic rings. The van der Waals surface area contributed by atoms with Gasteiger partial charge >= 0.3 is 6.18 Å². The monoisotopic (exact) mass is 272 g/mol. The highest BCUT2D eigenvalue weighted by Gasteiger charge is 2.31. The Kier molecular flexibility index (Phi) is 3.28. The Morgan fingerprint density at radius 3 is 2.53 bits per heavy atom. The summed E-state index contributed by atoms with van der Waals surface area (Å²) >= 11 is 0. The Bertz CT molecular complexity index is 590. The van der Waals surface area contributed by atoms with E-state index in [1.807, 2.05) is 0 Å². The van der Waals surface area contributed by atoms with Crippen molar-refractivity contribution in [3.8, 4) is 0 Å². The first-order valence-corrected chi connectivity index (χ1v) is 5.19. The maximum atomic E-state index is 13.4. The zero-order chi connectivity index (χ0) is 14.0. The number of rotatable bonds is 2. The van der Waals surface area contributed by atoms with E-state index in [0.29, 0.717) is 18.2 Å². The van der Waals surface area contributed by atoms with Crippen molar-refractivity contribution in [1.29, 1.82) is 0 Å². The normalized spacial score (nSPS) is 11.4. The molecule has 0 aliphatic heterocycles. The van der Waals surface area contributed by atoms with Gasteiger partial charge < -0.3 is 10.3 Å². The maximum Gasteiger partial charge on any atom is 0.416 e. The quantitative estimate of drug-likeness (QED) is 0.808. The van der Waals surface area contributed by atoms with Gasteiger partial charge in [-0.1, -0.05) is 0 Å². The average Bonchev–Trinajstić information content (AvgIpc) is 2.84. The summed E-state index contributed by atoms with van der Waals surface area (Å²) < 4.78 is 50.8. The van der Waals surface area contributed by atoms with E-state index in [1.165, 1.54) is 18.3 Å². The van der Waals surface area contributed by atoms with Crippen LogP contribution in [0.15, 0.2) is 36.5 Å². The molecule has 2 rings (SSSR count). The van der Waals surface area contributed by atoms with E-state index >= 15 is 0 Å². The van der Waals surface area contributed by atoms with Crippen molar-refractivity contribution >= 4 is 11.6 Å². The molecule has 0 saturated carbocycles. The van der Waals surface area contributed by atoms with Crippen LogP contribution in [0.1, 0.15) is 16.1 Å². The minimum Gasteiger partial charge on any atom is -0.357 e. The number of aromatic amines is 1. The zero-order valence-electron chi connectivity index (χ0n) is 9.38. The molecule has 0 saturated heterocycles. The molecule has 19 heavy (non-hydrogen) atoms. The van der Waals surface area contributed by atoms with Gasteiger partial charge in [0, 0.05) is 6.20 Å². The van der Waals surface area contributed by atoms with E-state index in [1.54, 1.807) is 0 Å². The fourth-order valence-corrected chi connectivity index (χ4v) is 1.46. The molecule has 0 spiro atoms. The number of aromatic nitrogens is 1. The van der Waals surface area contributed by atoms with Crippen molar-refractivity contribution in [3.05, 3.63) is 53.6 Å². The van der Waals surface area contributed by atoms with Crippen molar-refractivity contribution in [2.24, 2.45) is 0 Å². The van der Waals surface area contributed by atoms with Crippen LogP contribution in [0.3, 0.4) is 0 Å². The van der Waals surface area contributed by atoms with Gasteiger partial charge in [-0.3, -0.25) is 4.79 Å². The van der Waals surface area contributed by atoms with Gasteiger partial charge in [0.25, 0.3) is 5.91 Å². The van der Waals surface area contributed by atoms with Crippen LogP contribution in [0.5, 0.6) is 0 Å². The molecule has 1 aromatic carbocycles. The number of hydrogen-bond donors (Lipinski definition) is 2. The molecule has 1 heterocycles. The summed E-state index contributed by atoms with van der Waals surface area (Å²) in [4.78, 5) is 14.2. The van der Waals surface area contributed by atoms with E-state index in [0.717, 1.165) is 0 Å². The summed E-state index contributed by atoms with van der Waals surface area (Å²) in [6.45, 7) is 0. The largest absolute Gasteiger partial charge is 0.416 e. The van der Waals surface area contributed by atoms with Crippen molar-refractivity contribution in [3.63, 3.8) is 0 Å². The second-order valence-corrected chi connectivity index (χ2v) is 3.73. The lowest BCUT2D eigenvalue weighted by Gasteiger charge is -2.10. The van der Waals surface area contributed by atoms with Crippen LogP contribution >= 0.6 is 0 Å². The Hall–Kier alpha value is -2.31. The van der Waals surface area contributed by atoms with Crippen molar-refractivity contribution in [1.82, 2.24) is 4.98 Å². The molecule has 0 radical (unpaired) electrons. The van der Waals surface area contributed by atoms with Crippen LogP contribution in [0.2, 0.25) is 0 Å². The second kappa shape index (κ2) is 4.75. The number of halogens is 4. The highest BCUT2D eigenvalue weighted by Crippen LogP contribution is 2.31. The van der Waals surface area contributed by atoms with Crippen molar-refractivity contribution in [2.75, 3.05) is 5.32 Å². The molecule has 0 unspecified atom stereocenters. The number of H-pyrrole nitrogens is 1. The molecule has 1 amide bonds. The smallest absolute Gasteiger partial charge is 0.357 e. The number of nitrogens with one attached hydrogen (secondary N) is 2. The van der Waals surface area contributed by atoms with Crippen LogP contribution in [0.25, 0.3) is 0 Å². The molecule has 0 aliphatic carbocycles. The summed E-state index contributed by atoms with van der Waals surface area (Å²) in [6.07, 6.45) is -3.13. The van der Waals surface area contributed by atoms with Crippen molar-refractivity contribution < 1.29 is 22.4 Å². The van der Waals surface area contributed by atoms with Gasteiger partial charge in [0.05, 0.1) is 11.3 Å². The number of hydrogen-bond acceptors (Lipinski definition) is 1. The minimum atomic E-state index is -4.60. The Labute approximate surface area is 105 Å². The first kappa shape index (κ1) is 13.1. The fourth-order valence-electron chi connectivity index (χ4n) is 1.46. The summed E-state index contributed by atoms with van der Waals surface area (Å²) in [6, 6.07) is 4.78. The predicted molar refractivity (Wildman–Crippen MR) is 60.1 cm³/mol. The highest BCUT2D eigenvalue weighted by atomic mass is 19.4. The number of carbonyl (C=O) groups is 1. The van der Waals surface area contributed by atoms with Crippen LogP contribution in [-0.4, -0.2) is 10.9 Å². The van der Waals surface area contributed by atoms with Gasteiger partial charge in [0.2, 0.25) is 0 Å². The lowest BCUT2D eigenvalue weighted by molar-refractivity contribution is -0.137. The molecule has 0 atom stereocenters. The second-order valence-electron chi connectivity index (χ2n) is 3.73. The SMILES string of the molecule is O=C(Nc1cc(C(F)(F)F)ccc1F)c1ccc[nH]1. The number of carbonyl (C=O) groups excluding carboxylic acids is 1. The average molecular weight is 272 g/mol. The lowest BCUT2D eigenvalue weighted by Crippen LogP contribution is -2.14. The third-order valence-corrected chi connectivity index (χ3v) is 2.38. The Morgan fingerprint density at radius 1 is 1.21 bits per heavy atom. The summed E-state index contributed by atoms with van der Waals surface area (Å²) in [5.74, 6) is -1.66. The molecular weight excluding hydrogens is 264 g/mol. The summed E-state index contributed by atoms with van der Waals surface area (Å²) in [7, 11) is 0. The fraction of sp³-hybridized carbons (Fsp3) is 0.0833. The molecule has 0 bridgehead atoms. The molecule has 2 N–H and O–H groups in total. The van der Waals surface area contributed by atoms with Crippen LogP contribution in [0, 0.1) is 5.82 Å². The third-order valence-electron chi connectivity index (χ3n) is 2.38. The lowest BCUT2D eigenvalue weighted by atomic mass is 10.2.